The van der Waals surface area contributed by atoms with Crippen molar-refractivity contribution in [3.63, 3.8) is 0 Å². The third-order valence-corrected chi connectivity index (χ3v) is 8.62. The summed E-state index contributed by atoms with van der Waals surface area (Å²) in [6.45, 7) is -0.539. The first-order valence-corrected chi connectivity index (χ1v) is 13.9. The highest BCUT2D eigenvalue weighted by Gasteiger charge is 2.61. The Morgan fingerprint density at radius 3 is 2.02 bits per heavy atom. The van der Waals surface area contributed by atoms with Gasteiger partial charge in [-0.05, 0) is 91.8 Å². The molecule has 4 atom stereocenters. The van der Waals surface area contributed by atoms with E-state index in [4.69, 9.17) is 9.47 Å². The van der Waals surface area contributed by atoms with Crippen LogP contribution in [0.25, 0.3) is 0 Å². The summed E-state index contributed by atoms with van der Waals surface area (Å²) in [5.74, 6) is -2.21. The molecule has 3 aliphatic rings. The number of ketones is 1. The molecule has 2 aliphatic carbocycles. The Bertz CT molecular complexity index is 1500. The van der Waals surface area contributed by atoms with Gasteiger partial charge in [-0.15, -0.1) is 0 Å². The van der Waals surface area contributed by atoms with Crippen LogP contribution in [-0.4, -0.2) is 36.1 Å². The number of para-hydroxylation sites is 1. The second-order valence-corrected chi connectivity index (χ2v) is 11.2. The van der Waals surface area contributed by atoms with Gasteiger partial charge in [0.15, 0.2) is 12.4 Å². The topological polar surface area (TPSA) is 107 Å². The number of Topliss-reactive ketones (excluding diaryl/α,β-unsaturated/α-hetero) is 1. The van der Waals surface area contributed by atoms with Crippen molar-refractivity contribution in [2.24, 2.45) is 23.7 Å². The Morgan fingerprint density at radius 1 is 0.775 bits per heavy atom. The Balaban J connectivity index is 1.10. The summed E-state index contributed by atoms with van der Waals surface area (Å²) in [7, 11) is 0. The van der Waals surface area contributed by atoms with Gasteiger partial charge in [-0.3, -0.25) is 14.4 Å². The molecule has 9 heteroatoms. The largest absolute Gasteiger partial charge is 0.454 e. The zero-order valence-electron chi connectivity index (χ0n) is 21.2. The lowest BCUT2D eigenvalue weighted by Crippen LogP contribution is -2.34. The van der Waals surface area contributed by atoms with Crippen molar-refractivity contribution in [1.29, 1.82) is 0 Å². The van der Waals surface area contributed by atoms with Crippen molar-refractivity contribution in [2.75, 3.05) is 11.5 Å². The minimum atomic E-state index is -0.801. The van der Waals surface area contributed by atoms with Crippen LogP contribution in [0, 0.1) is 23.7 Å². The highest BCUT2D eigenvalue weighted by atomic mass is 79.9. The van der Waals surface area contributed by atoms with E-state index < -0.39 is 24.3 Å². The number of rotatable bonds is 7. The Morgan fingerprint density at radius 2 is 1.38 bits per heavy atom. The van der Waals surface area contributed by atoms with E-state index in [1.54, 1.807) is 42.5 Å². The van der Waals surface area contributed by atoms with E-state index in [0.717, 1.165) is 28.6 Å². The van der Waals surface area contributed by atoms with Crippen LogP contribution < -0.4 is 9.64 Å². The standard InChI is InChI=1S/C31H24BrNO7/c32-21-11-7-18(8-12-21)30(37)40-22-13-9-17(10-14-22)25(34)16-39-31(38)23-3-1-2-4-24(23)33-28(35)26-19-5-6-20(15-19)27(26)29(33)36/h1-4,7-14,19-20,26-27H,5-6,15-16H2. The van der Waals surface area contributed by atoms with Crippen LogP contribution in [0.4, 0.5) is 5.69 Å². The summed E-state index contributed by atoms with van der Waals surface area (Å²) in [5, 5.41) is 0. The Labute approximate surface area is 238 Å². The highest BCUT2D eigenvalue weighted by Crippen LogP contribution is 2.56. The summed E-state index contributed by atoms with van der Waals surface area (Å²) < 4.78 is 11.5. The van der Waals surface area contributed by atoms with E-state index in [1.807, 2.05) is 0 Å². The molecular formula is C31H24BrNO7. The number of carbonyl (C=O) groups excluding carboxylic acids is 5. The van der Waals surface area contributed by atoms with Crippen molar-refractivity contribution in [1.82, 2.24) is 0 Å². The van der Waals surface area contributed by atoms with Crippen LogP contribution >= 0.6 is 15.9 Å². The van der Waals surface area contributed by atoms with Crippen LogP contribution in [0.3, 0.4) is 0 Å². The van der Waals surface area contributed by atoms with Gasteiger partial charge in [0, 0.05) is 10.0 Å². The molecule has 8 nitrogen and oxygen atoms in total. The van der Waals surface area contributed by atoms with Gasteiger partial charge in [0.05, 0.1) is 28.7 Å². The predicted molar refractivity (Wildman–Crippen MR) is 147 cm³/mol. The van der Waals surface area contributed by atoms with E-state index >= 15 is 0 Å². The van der Waals surface area contributed by atoms with Crippen molar-refractivity contribution in [3.8, 4) is 5.75 Å². The van der Waals surface area contributed by atoms with E-state index in [0.29, 0.717) is 5.56 Å². The molecule has 3 fully saturated rings. The van der Waals surface area contributed by atoms with Crippen molar-refractivity contribution < 1.29 is 33.4 Å². The van der Waals surface area contributed by atoms with Crippen molar-refractivity contribution >= 4 is 51.2 Å². The maximum absolute atomic E-state index is 13.3. The number of halogens is 1. The molecule has 2 saturated carbocycles. The Kier molecular flexibility index (Phi) is 6.83. The molecule has 1 aliphatic heterocycles. The molecule has 4 unspecified atom stereocenters. The molecule has 0 aromatic heterocycles. The van der Waals surface area contributed by atoms with Gasteiger partial charge in [0.1, 0.15) is 5.75 Å². The summed E-state index contributed by atoms with van der Waals surface area (Å²) in [4.78, 5) is 65.7. The zero-order chi connectivity index (χ0) is 28.0. The summed E-state index contributed by atoms with van der Waals surface area (Å²) in [6, 6.07) is 18.9. The lowest BCUT2D eigenvalue weighted by Gasteiger charge is -2.19. The number of nitrogens with zero attached hydrogens (tertiary/aromatic N) is 1. The van der Waals surface area contributed by atoms with Gasteiger partial charge in [0.25, 0.3) is 0 Å². The first kappa shape index (κ1) is 26.1. The number of hydrogen-bond acceptors (Lipinski definition) is 7. The van der Waals surface area contributed by atoms with Crippen molar-refractivity contribution in [2.45, 2.75) is 19.3 Å². The zero-order valence-corrected chi connectivity index (χ0v) is 22.8. The third kappa shape index (κ3) is 4.64. The summed E-state index contributed by atoms with van der Waals surface area (Å²) in [6.07, 6.45) is 2.83. The number of ether oxygens (including phenoxy) is 2. The maximum Gasteiger partial charge on any atom is 0.343 e. The first-order chi connectivity index (χ1) is 19.3. The third-order valence-electron chi connectivity index (χ3n) is 8.09. The fraction of sp³-hybridized carbons (Fsp3) is 0.258. The second-order valence-electron chi connectivity index (χ2n) is 10.3. The van der Waals surface area contributed by atoms with E-state index in [2.05, 4.69) is 15.9 Å². The number of anilines is 1. The van der Waals surface area contributed by atoms with Gasteiger partial charge in [-0.25, -0.2) is 14.5 Å². The number of esters is 2. The minimum Gasteiger partial charge on any atom is -0.454 e. The molecular weight excluding hydrogens is 578 g/mol. The smallest absolute Gasteiger partial charge is 0.343 e. The molecule has 0 radical (unpaired) electrons. The number of imide groups is 1. The molecule has 2 bridgehead atoms. The van der Waals surface area contributed by atoms with E-state index in [9.17, 15) is 24.0 Å². The van der Waals surface area contributed by atoms with Crippen LogP contribution in [-0.2, 0) is 14.3 Å². The quantitative estimate of drug-likeness (QED) is 0.158. The second kappa shape index (κ2) is 10.5. The summed E-state index contributed by atoms with van der Waals surface area (Å²) in [5.41, 5.74) is 0.890. The van der Waals surface area contributed by atoms with E-state index in [-0.39, 0.29) is 58.0 Å². The minimum absolute atomic E-state index is 0.0551. The number of hydrogen-bond donors (Lipinski definition) is 0. The lowest BCUT2D eigenvalue weighted by molar-refractivity contribution is -0.123. The average Bonchev–Trinajstić information content (AvgIpc) is 3.65. The number of carbonyl (C=O) groups is 5. The van der Waals surface area contributed by atoms with Gasteiger partial charge in [0.2, 0.25) is 11.8 Å². The molecule has 3 aromatic rings. The Hall–Kier alpha value is -4.11. The molecule has 1 heterocycles. The molecule has 0 spiro atoms. The molecule has 2 amide bonds. The SMILES string of the molecule is O=C(COC(=O)c1ccccc1N1C(=O)C2C3CCC(C3)C2C1=O)c1ccc(OC(=O)c2ccc(Br)cc2)cc1. The van der Waals surface area contributed by atoms with Crippen molar-refractivity contribution in [3.05, 3.63) is 94.0 Å². The molecule has 40 heavy (non-hydrogen) atoms. The monoisotopic (exact) mass is 601 g/mol. The van der Waals surface area contributed by atoms with Crippen LogP contribution in [0.5, 0.6) is 5.75 Å². The average molecular weight is 602 g/mol. The predicted octanol–water partition coefficient (Wildman–Crippen LogP) is 5.24. The molecule has 202 valence electrons. The molecule has 1 saturated heterocycles. The molecule has 6 rings (SSSR count). The number of benzene rings is 3. The van der Waals surface area contributed by atoms with Crippen LogP contribution in [0.1, 0.15) is 50.3 Å². The number of amides is 2. The number of fused-ring (bicyclic) bond motifs is 5. The molecule has 0 N–H and O–H groups in total. The van der Waals surface area contributed by atoms with E-state index in [1.165, 1.54) is 30.3 Å². The summed E-state index contributed by atoms with van der Waals surface area (Å²) >= 11 is 3.31. The molecule has 3 aromatic carbocycles. The maximum atomic E-state index is 13.3. The normalized spacial score (nSPS) is 22.8. The lowest BCUT2D eigenvalue weighted by atomic mass is 9.81. The highest BCUT2D eigenvalue weighted by molar-refractivity contribution is 9.10. The van der Waals surface area contributed by atoms with Gasteiger partial charge in [-0.2, -0.15) is 0 Å². The fourth-order valence-corrected chi connectivity index (χ4v) is 6.50. The van der Waals surface area contributed by atoms with Crippen LogP contribution in [0.15, 0.2) is 77.3 Å². The van der Waals surface area contributed by atoms with Crippen LogP contribution in [0.2, 0.25) is 0 Å². The van der Waals surface area contributed by atoms with Gasteiger partial charge in [-0.1, -0.05) is 28.1 Å². The first-order valence-electron chi connectivity index (χ1n) is 13.1. The fourth-order valence-electron chi connectivity index (χ4n) is 6.24. The van der Waals surface area contributed by atoms with Gasteiger partial charge < -0.3 is 9.47 Å². The van der Waals surface area contributed by atoms with Gasteiger partial charge >= 0.3 is 11.9 Å².